The molecular formula is C17H18N2O5S. The number of esters is 2. The summed E-state index contributed by atoms with van der Waals surface area (Å²) in [6.07, 6.45) is 2.18. The molecule has 0 fully saturated rings. The summed E-state index contributed by atoms with van der Waals surface area (Å²) >= 11 is 1.29. The fraction of sp³-hybridized carbons (Fsp3) is 0.294. The summed E-state index contributed by atoms with van der Waals surface area (Å²) in [5, 5.41) is 2.98. The number of thiophene rings is 1. The molecule has 8 heteroatoms. The lowest BCUT2D eigenvalue weighted by Crippen LogP contribution is -2.22. The molecule has 1 amide bonds. The number of aromatic nitrogens is 1. The van der Waals surface area contributed by atoms with Gasteiger partial charge in [-0.15, -0.1) is 11.3 Å². The second-order valence-electron chi connectivity index (χ2n) is 4.87. The molecular weight excluding hydrogens is 344 g/mol. The zero-order chi connectivity index (χ0) is 18.2. The van der Waals surface area contributed by atoms with Crippen molar-refractivity contribution in [1.29, 1.82) is 0 Å². The van der Waals surface area contributed by atoms with Gasteiger partial charge in [-0.05, 0) is 31.5 Å². The average molecular weight is 362 g/mol. The summed E-state index contributed by atoms with van der Waals surface area (Å²) in [5.74, 6) is -1.74. The van der Waals surface area contributed by atoms with E-state index in [1.165, 1.54) is 23.6 Å². The molecule has 7 nitrogen and oxygen atoms in total. The number of anilines is 1. The fourth-order valence-electron chi connectivity index (χ4n) is 1.92. The standard InChI is InChI=1S/C17H18N2O5S/c1-3-11-9-12(16(21)23-4-2)15(25-11)19-14(20)10-24-17(22)13-7-5-6-8-18-13/h5-9H,3-4,10H2,1-2H3,(H,19,20). The van der Waals surface area contributed by atoms with Crippen molar-refractivity contribution >= 4 is 34.2 Å². The predicted molar refractivity (Wildman–Crippen MR) is 92.8 cm³/mol. The molecule has 2 rings (SSSR count). The van der Waals surface area contributed by atoms with Crippen LogP contribution in [-0.2, 0) is 20.7 Å². The first-order valence-corrected chi connectivity index (χ1v) is 8.54. The first-order valence-electron chi connectivity index (χ1n) is 7.73. The van der Waals surface area contributed by atoms with E-state index in [1.54, 1.807) is 25.1 Å². The van der Waals surface area contributed by atoms with Crippen LogP contribution in [0.4, 0.5) is 5.00 Å². The summed E-state index contributed by atoms with van der Waals surface area (Å²) in [6.45, 7) is 3.42. The van der Waals surface area contributed by atoms with Crippen LogP contribution in [0.1, 0.15) is 39.6 Å². The van der Waals surface area contributed by atoms with Gasteiger partial charge >= 0.3 is 11.9 Å². The zero-order valence-corrected chi connectivity index (χ0v) is 14.7. The van der Waals surface area contributed by atoms with Gasteiger partial charge < -0.3 is 14.8 Å². The quantitative estimate of drug-likeness (QED) is 0.761. The van der Waals surface area contributed by atoms with Gasteiger partial charge in [-0.1, -0.05) is 13.0 Å². The molecule has 0 spiro atoms. The third-order valence-electron chi connectivity index (χ3n) is 3.09. The second-order valence-corrected chi connectivity index (χ2v) is 6.01. The van der Waals surface area contributed by atoms with Crippen LogP contribution in [0.25, 0.3) is 0 Å². The molecule has 0 aromatic carbocycles. The van der Waals surface area contributed by atoms with Gasteiger partial charge in [0.1, 0.15) is 10.7 Å². The number of ether oxygens (including phenoxy) is 2. The minimum atomic E-state index is -0.693. The van der Waals surface area contributed by atoms with Crippen LogP contribution in [-0.4, -0.2) is 36.0 Å². The first kappa shape index (κ1) is 18.6. The summed E-state index contributed by atoms with van der Waals surface area (Å²) in [7, 11) is 0. The monoisotopic (exact) mass is 362 g/mol. The van der Waals surface area contributed by atoms with Crippen molar-refractivity contribution < 1.29 is 23.9 Å². The highest BCUT2D eigenvalue weighted by atomic mass is 32.1. The lowest BCUT2D eigenvalue weighted by Gasteiger charge is -2.07. The van der Waals surface area contributed by atoms with Crippen LogP contribution in [0.5, 0.6) is 0 Å². The molecule has 0 saturated heterocycles. The molecule has 0 atom stereocenters. The van der Waals surface area contributed by atoms with Crippen molar-refractivity contribution in [3.63, 3.8) is 0 Å². The largest absolute Gasteiger partial charge is 0.462 e. The van der Waals surface area contributed by atoms with E-state index in [-0.39, 0.29) is 12.3 Å². The molecule has 2 heterocycles. The predicted octanol–water partition coefficient (Wildman–Crippen LogP) is 2.68. The minimum absolute atomic E-state index is 0.118. The van der Waals surface area contributed by atoms with Crippen LogP contribution in [0.15, 0.2) is 30.5 Å². The maximum Gasteiger partial charge on any atom is 0.357 e. The Morgan fingerprint density at radius 2 is 1.96 bits per heavy atom. The third kappa shape index (κ3) is 5.12. The van der Waals surface area contributed by atoms with E-state index in [4.69, 9.17) is 9.47 Å². The highest BCUT2D eigenvalue weighted by Gasteiger charge is 2.19. The van der Waals surface area contributed by atoms with E-state index in [9.17, 15) is 14.4 Å². The van der Waals surface area contributed by atoms with E-state index in [2.05, 4.69) is 10.3 Å². The van der Waals surface area contributed by atoms with Gasteiger partial charge in [0, 0.05) is 11.1 Å². The lowest BCUT2D eigenvalue weighted by atomic mass is 10.2. The van der Waals surface area contributed by atoms with E-state index in [0.717, 1.165) is 11.3 Å². The van der Waals surface area contributed by atoms with Gasteiger partial charge in [0.05, 0.1) is 12.2 Å². The van der Waals surface area contributed by atoms with Gasteiger partial charge in [0.15, 0.2) is 6.61 Å². The molecule has 2 aromatic rings. The smallest absolute Gasteiger partial charge is 0.357 e. The number of nitrogens with one attached hydrogen (secondary N) is 1. The van der Waals surface area contributed by atoms with Crippen molar-refractivity contribution in [3.8, 4) is 0 Å². The van der Waals surface area contributed by atoms with Crippen molar-refractivity contribution in [2.24, 2.45) is 0 Å². The highest BCUT2D eigenvalue weighted by molar-refractivity contribution is 7.16. The van der Waals surface area contributed by atoms with E-state index < -0.39 is 24.5 Å². The first-order chi connectivity index (χ1) is 12.0. The maximum atomic E-state index is 12.0. The van der Waals surface area contributed by atoms with Crippen LogP contribution in [0.3, 0.4) is 0 Å². The number of amides is 1. The Hall–Kier alpha value is -2.74. The normalized spacial score (nSPS) is 10.2. The van der Waals surface area contributed by atoms with E-state index in [1.807, 2.05) is 6.92 Å². The Kier molecular flexibility index (Phi) is 6.64. The molecule has 1 N–H and O–H groups in total. The molecule has 0 saturated carbocycles. The lowest BCUT2D eigenvalue weighted by molar-refractivity contribution is -0.119. The number of hydrogen-bond donors (Lipinski definition) is 1. The molecule has 0 bridgehead atoms. The zero-order valence-electron chi connectivity index (χ0n) is 13.9. The third-order valence-corrected chi connectivity index (χ3v) is 4.28. The number of nitrogens with zero attached hydrogens (tertiary/aromatic N) is 1. The second kappa shape index (κ2) is 8.93. The van der Waals surface area contributed by atoms with Crippen LogP contribution >= 0.6 is 11.3 Å². The number of rotatable bonds is 7. The van der Waals surface area contributed by atoms with Crippen LogP contribution in [0, 0.1) is 0 Å². The Morgan fingerprint density at radius 3 is 2.60 bits per heavy atom. The number of hydrogen-bond acceptors (Lipinski definition) is 7. The molecule has 132 valence electrons. The summed E-state index contributed by atoms with van der Waals surface area (Å²) in [4.78, 5) is 40.5. The highest BCUT2D eigenvalue weighted by Crippen LogP contribution is 2.29. The number of pyridine rings is 1. The SMILES string of the molecule is CCOC(=O)c1cc(CC)sc1NC(=O)COC(=O)c1ccccn1. The maximum absolute atomic E-state index is 12.0. The fourth-order valence-corrected chi connectivity index (χ4v) is 2.92. The van der Waals surface area contributed by atoms with E-state index in [0.29, 0.717) is 10.6 Å². The van der Waals surface area contributed by atoms with Crippen LogP contribution < -0.4 is 5.32 Å². The van der Waals surface area contributed by atoms with Gasteiger partial charge in [0.2, 0.25) is 0 Å². The molecule has 0 aliphatic heterocycles. The summed E-state index contributed by atoms with van der Waals surface area (Å²) in [5.41, 5.74) is 0.417. The Labute approximate surface area is 149 Å². The topological polar surface area (TPSA) is 94.6 Å². The number of carbonyl (C=O) groups is 3. The molecule has 0 unspecified atom stereocenters. The van der Waals surface area contributed by atoms with Gasteiger partial charge in [-0.25, -0.2) is 14.6 Å². The van der Waals surface area contributed by atoms with Crippen molar-refractivity contribution in [2.45, 2.75) is 20.3 Å². The van der Waals surface area contributed by atoms with E-state index >= 15 is 0 Å². The molecule has 25 heavy (non-hydrogen) atoms. The van der Waals surface area contributed by atoms with Gasteiger partial charge in [-0.2, -0.15) is 0 Å². The molecule has 2 aromatic heterocycles. The van der Waals surface area contributed by atoms with Crippen LogP contribution in [0.2, 0.25) is 0 Å². The molecule has 0 aliphatic rings. The van der Waals surface area contributed by atoms with Crippen molar-refractivity contribution in [2.75, 3.05) is 18.5 Å². The summed E-state index contributed by atoms with van der Waals surface area (Å²) < 4.78 is 9.90. The average Bonchev–Trinajstić information content (AvgIpc) is 3.03. The minimum Gasteiger partial charge on any atom is -0.462 e. The summed E-state index contributed by atoms with van der Waals surface area (Å²) in [6, 6.07) is 6.50. The number of carbonyl (C=O) groups excluding carboxylic acids is 3. The van der Waals surface area contributed by atoms with Gasteiger partial charge in [0.25, 0.3) is 5.91 Å². The Bertz CT molecular complexity index is 758. The number of aryl methyl sites for hydroxylation is 1. The van der Waals surface area contributed by atoms with Gasteiger partial charge in [-0.3, -0.25) is 4.79 Å². The molecule has 0 radical (unpaired) electrons. The Morgan fingerprint density at radius 1 is 1.16 bits per heavy atom. The van der Waals surface area contributed by atoms with Crippen molar-refractivity contribution in [1.82, 2.24) is 4.98 Å². The molecule has 0 aliphatic carbocycles. The Balaban J connectivity index is 1.99. The van der Waals surface area contributed by atoms with Crippen molar-refractivity contribution in [3.05, 3.63) is 46.6 Å².